The van der Waals surface area contributed by atoms with Gasteiger partial charge in [0.05, 0.1) is 17.3 Å². The average molecular weight is 326 g/mol. The number of nitriles is 1. The van der Waals surface area contributed by atoms with Gasteiger partial charge < -0.3 is 14.6 Å². The number of phenols is 1. The van der Waals surface area contributed by atoms with E-state index in [1.54, 1.807) is 51.1 Å². The van der Waals surface area contributed by atoms with Gasteiger partial charge in [0.2, 0.25) is 0 Å². The predicted molar refractivity (Wildman–Crippen MR) is 89.2 cm³/mol. The molecule has 0 bridgehead atoms. The van der Waals surface area contributed by atoms with E-state index in [0.717, 1.165) is 0 Å². The van der Waals surface area contributed by atoms with Crippen LogP contribution >= 0.6 is 0 Å². The molecule has 1 amide bonds. The van der Waals surface area contributed by atoms with Crippen molar-refractivity contribution < 1.29 is 19.4 Å². The molecule has 0 aliphatic heterocycles. The normalized spacial score (nSPS) is 10.6. The number of hydrogen-bond acceptors (Lipinski definition) is 5. The number of nitrogens with one attached hydrogen (secondary N) is 1. The Morgan fingerprint density at radius 1 is 1.12 bits per heavy atom. The van der Waals surface area contributed by atoms with Crippen LogP contribution < -0.4 is 10.1 Å². The zero-order valence-electron chi connectivity index (χ0n) is 13.7. The molecule has 6 heteroatoms. The first-order valence-corrected chi connectivity index (χ1v) is 7.27. The standard InChI is InChI=1S/C18H18N2O4/c1-18(2,3)24-17(22)20-13-8-14(21)10-16(9-13)23-15-6-4-12(11-19)5-7-15/h4-10,21H,1-3H3,(H,20,22). The van der Waals surface area contributed by atoms with Crippen LogP contribution in [0.25, 0.3) is 0 Å². The van der Waals surface area contributed by atoms with Gasteiger partial charge in [0.1, 0.15) is 22.8 Å². The Morgan fingerprint density at radius 2 is 1.79 bits per heavy atom. The topological polar surface area (TPSA) is 91.6 Å². The summed E-state index contributed by atoms with van der Waals surface area (Å²) in [7, 11) is 0. The molecule has 124 valence electrons. The molecule has 0 fully saturated rings. The first-order chi connectivity index (χ1) is 11.2. The maximum Gasteiger partial charge on any atom is 0.412 e. The van der Waals surface area contributed by atoms with E-state index in [9.17, 15) is 9.90 Å². The van der Waals surface area contributed by atoms with Crippen LogP contribution in [0.3, 0.4) is 0 Å². The Morgan fingerprint density at radius 3 is 2.38 bits per heavy atom. The third-order valence-corrected chi connectivity index (χ3v) is 2.76. The second-order valence-electron chi connectivity index (χ2n) is 6.08. The minimum Gasteiger partial charge on any atom is -0.508 e. The largest absolute Gasteiger partial charge is 0.508 e. The number of phenolic OH excluding ortho intramolecular Hbond substituents is 1. The van der Waals surface area contributed by atoms with Crippen molar-refractivity contribution in [1.29, 1.82) is 5.26 Å². The van der Waals surface area contributed by atoms with E-state index in [4.69, 9.17) is 14.7 Å². The second-order valence-corrected chi connectivity index (χ2v) is 6.08. The number of carbonyl (C=O) groups is 1. The summed E-state index contributed by atoms with van der Waals surface area (Å²) >= 11 is 0. The first kappa shape index (κ1) is 17.2. The average Bonchev–Trinajstić information content (AvgIpc) is 2.45. The number of nitrogens with zero attached hydrogens (tertiary/aromatic N) is 1. The molecule has 0 aromatic heterocycles. The Kier molecular flexibility index (Phi) is 4.95. The molecule has 0 aliphatic rings. The van der Waals surface area contributed by atoms with Crippen molar-refractivity contribution >= 4 is 11.8 Å². The van der Waals surface area contributed by atoms with E-state index in [1.165, 1.54) is 12.1 Å². The van der Waals surface area contributed by atoms with E-state index in [2.05, 4.69) is 5.32 Å². The summed E-state index contributed by atoms with van der Waals surface area (Å²) in [6.45, 7) is 5.28. The highest BCUT2D eigenvalue weighted by Crippen LogP contribution is 2.29. The third-order valence-electron chi connectivity index (χ3n) is 2.76. The lowest BCUT2D eigenvalue weighted by Gasteiger charge is -2.19. The quantitative estimate of drug-likeness (QED) is 0.872. The van der Waals surface area contributed by atoms with Gasteiger partial charge in [-0.25, -0.2) is 4.79 Å². The van der Waals surface area contributed by atoms with Crippen LogP contribution in [0.2, 0.25) is 0 Å². The number of aromatic hydroxyl groups is 1. The van der Waals surface area contributed by atoms with E-state index in [0.29, 0.717) is 22.7 Å². The van der Waals surface area contributed by atoms with E-state index in [1.807, 2.05) is 6.07 Å². The molecule has 2 aromatic carbocycles. The molecule has 0 unspecified atom stereocenters. The van der Waals surface area contributed by atoms with Crippen molar-refractivity contribution in [2.45, 2.75) is 26.4 Å². The zero-order valence-corrected chi connectivity index (χ0v) is 13.7. The van der Waals surface area contributed by atoms with Crippen molar-refractivity contribution in [3.63, 3.8) is 0 Å². The molecule has 0 heterocycles. The maximum absolute atomic E-state index is 11.8. The van der Waals surface area contributed by atoms with Gasteiger partial charge >= 0.3 is 6.09 Å². The molecule has 0 saturated heterocycles. The maximum atomic E-state index is 11.8. The lowest BCUT2D eigenvalue weighted by atomic mass is 10.2. The zero-order chi connectivity index (χ0) is 17.7. The Labute approximate surface area is 140 Å². The summed E-state index contributed by atoms with van der Waals surface area (Å²) in [6.07, 6.45) is -0.627. The van der Waals surface area contributed by atoms with Gasteiger partial charge in [-0.05, 0) is 45.0 Å². The second kappa shape index (κ2) is 6.92. The Bertz CT molecular complexity index is 771. The van der Waals surface area contributed by atoms with Gasteiger partial charge in [-0.3, -0.25) is 5.32 Å². The fourth-order valence-corrected chi connectivity index (χ4v) is 1.87. The summed E-state index contributed by atoms with van der Waals surface area (Å²) < 4.78 is 10.8. The van der Waals surface area contributed by atoms with Gasteiger partial charge in [-0.15, -0.1) is 0 Å². The van der Waals surface area contributed by atoms with E-state index in [-0.39, 0.29) is 5.75 Å². The van der Waals surface area contributed by atoms with Gasteiger partial charge in [0.25, 0.3) is 0 Å². The highest BCUT2D eigenvalue weighted by atomic mass is 16.6. The van der Waals surface area contributed by atoms with Gasteiger partial charge in [0.15, 0.2) is 0 Å². The first-order valence-electron chi connectivity index (χ1n) is 7.27. The van der Waals surface area contributed by atoms with Crippen molar-refractivity contribution in [2.24, 2.45) is 0 Å². The van der Waals surface area contributed by atoms with E-state index >= 15 is 0 Å². The molecular weight excluding hydrogens is 308 g/mol. The molecular formula is C18H18N2O4. The molecule has 24 heavy (non-hydrogen) atoms. The number of benzene rings is 2. The molecule has 2 N–H and O–H groups in total. The molecule has 0 spiro atoms. The predicted octanol–water partition coefficient (Wildman–Crippen LogP) is 4.40. The lowest BCUT2D eigenvalue weighted by molar-refractivity contribution is 0.0636. The molecule has 0 aliphatic carbocycles. The van der Waals surface area contributed by atoms with Crippen LogP contribution in [0.5, 0.6) is 17.2 Å². The van der Waals surface area contributed by atoms with Crippen LogP contribution in [0.1, 0.15) is 26.3 Å². The fourth-order valence-electron chi connectivity index (χ4n) is 1.87. The molecule has 0 radical (unpaired) electrons. The molecule has 2 rings (SSSR count). The number of hydrogen-bond donors (Lipinski definition) is 2. The summed E-state index contributed by atoms with van der Waals surface area (Å²) in [5.74, 6) is 0.779. The van der Waals surface area contributed by atoms with Crippen LogP contribution in [0, 0.1) is 11.3 Å². The van der Waals surface area contributed by atoms with Gasteiger partial charge in [-0.1, -0.05) is 0 Å². The van der Waals surface area contributed by atoms with Crippen molar-refractivity contribution in [3.8, 4) is 23.3 Å². The number of carbonyl (C=O) groups excluding carboxylic acids is 1. The van der Waals surface area contributed by atoms with Crippen LogP contribution in [0.4, 0.5) is 10.5 Å². The molecule has 6 nitrogen and oxygen atoms in total. The Balaban J connectivity index is 2.13. The minimum atomic E-state index is -0.627. The highest BCUT2D eigenvalue weighted by Gasteiger charge is 2.16. The summed E-state index contributed by atoms with van der Waals surface area (Å²) in [5.41, 5.74) is 0.237. The molecule has 0 saturated carbocycles. The summed E-state index contributed by atoms with van der Waals surface area (Å²) in [6, 6.07) is 12.9. The van der Waals surface area contributed by atoms with Crippen LogP contribution in [-0.4, -0.2) is 16.8 Å². The molecule has 2 aromatic rings. The number of ether oxygens (including phenoxy) is 2. The van der Waals surface area contributed by atoms with Crippen LogP contribution in [0.15, 0.2) is 42.5 Å². The third kappa shape index (κ3) is 5.21. The Hall–Kier alpha value is -3.20. The minimum absolute atomic E-state index is 0.0628. The molecule has 0 atom stereocenters. The summed E-state index contributed by atoms with van der Waals surface area (Å²) in [5, 5.41) is 21.1. The highest BCUT2D eigenvalue weighted by molar-refractivity contribution is 5.85. The van der Waals surface area contributed by atoms with Crippen molar-refractivity contribution in [1.82, 2.24) is 0 Å². The van der Waals surface area contributed by atoms with E-state index < -0.39 is 11.7 Å². The van der Waals surface area contributed by atoms with Crippen molar-refractivity contribution in [3.05, 3.63) is 48.0 Å². The van der Waals surface area contributed by atoms with Crippen molar-refractivity contribution in [2.75, 3.05) is 5.32 Å². The lowest BCUT2D eigenvalue weighted by Crippen LogP contribution is -2.27. The van der Waals surface area contributed by atoms with Crippen LogP contribution in [-0.2, 0) is 4.74 Å². The number of anilines is 1. The summed E-state index contributed by atoms with van der Waals surface area (Å²) in [4.78, 5) is 11.8. The van der Waals surface area contributed by atoms with Gasteiger partial charge in [-0.2, -0.15) is 5.26 Å². The van der Waals surface area contributed by atoms with Gasteiger partial charge in [0, 0.05) is 18.2 Å². The number of rotatable bonds is 3. The smallest absolute Gasteiger partial charge is 0.412 e. The monoisotopic (exact) mass is 326 g/mol. The SMILES string of the molecule is CC(C)(C)OC(=O)Nc1cc(O)cc(Oc2ccc(C#N)cc2)c1. The fraction of sp³-hybridized carbons (Fsp3) is 0.222. The number of amides is 1.